The SMILES string of the molecule is O=C1CCCC2=C1[C@@H](c1ccc([N+](=O)[O-])cc1)n1nc(SCc3ccccn3)nc1N2. The zero-order chi connectivity index (χ0) is 21.4. The molecule has 0 radical (unpaired) electrons. The van der Waals surface area contributed by atoms with Crippen LogP contribution in [0.15, 0.2) is 65.1 Å². The van der Waals surface area contributed by atoms with Gasteiger partial charge in [-0.05, 0) is 42.7 Å². The quantitative estimate of drug-likeness (QED) is 0.365. The van der Waals surface area contributed by atoms with Gasteiger partial charge in [-0.25, -0.2) is 4.68 Å². The van der Waals surface area contributed by atoms with Crippen molar-refractivity contribution in [2.75, 3.05) is 5.32 Å². The molecule has 2 aromatic heterocycles. The van der Waals surface area contributed by atoms with Gasteiger partial charge in [0, 0.05) is 41.8 Å². The first-order chi connectivity index (χ1) is 15.1. The molecule has 0 spiro atoms. The van der Waals surface area contributed by atoms with Crippen molar-refractivity contribution in [3.8, 4) is 0 Å². The summed E-state index contributed by atoms with van der Waals surface area (Å²) in [6.07, 6.45) is 3.77. The van der Waals surface area contributed by atoms with Crippen LogP contribution in [0.25, 0.3) is 0 Å². The van der Waals surface area contributed by atoms with Gasteiger partial charge < -0.3 is 5.32 Å². The Morgan fingerprint density at radius 2 is 2.03 bits per heavy atom. The van der Waals surface area contributed by atoms with E-state index in [1.165, 1.54) is 23.9 Å². The number of pyridine rings is 1. The van der Waals surface area contributed by atoms with Gasteiger partial charge in [0.25, 0.3) is 5.69 Å². The molecule has 9 nitrogen and oxygen atoms in total. The molecule has 0 fully saturated rings. The number of allylic oxidation sites excluding steroid dienone is 2. The Morgan fingerprint density at radius 3 is 2.77 bits per heavy atom. The lowest BCUT2D eigenvalue weighted by Crippen LogP contribution is -2.31. The van der Waals surface area contributed by atoms with Crippen molar-refractivity contribution in [1.82, 2.24) is 19.7 Å². The van der Waals surface area contributed by atoms with Crippen LogP contribution < -0.4 is 5.32 Å². The molecule has 156 valence electrons. The Morgan fingerprint density at radius 1 is 1.19 bits per heavy atom. The number of nitro benzene ring substituents is 1. The standard InChI is InChI=1S/C21H18N6O3S/c28-17-6-3-5-16-18(17)19(13-7-9-15(10-8-13)27(29)30)26-20(23-16)24-21(25-26)31-12-14-4-1-2-11-22-14/h1-2,4,7-11,19H,3,5-6,12H2,(H,23,24,25)/t19-/m1/s1. The first-order valence-corrected chi connectivity index (χ1v) is 10.9. The summed E-state index contributed by atoms with van der Waals surface area (Å²) in [5.74, 6) is 1.26. The van der Waals surface area contributed by atoms with Gasteiger partial charge >= 0.3 is 0 Å². The van der Waals surface area contributed by atoms with E-state index < -0.39 is 11.0 Å². The number of thioether (sulfide) groups is 1. The first-order valence-electron chi connectivity index (χ1n) is 9.87. The molecule has 1 N–H and O–H groups in total. The van der Waals surface area contributed by atoms with E-state index >= 15 is 0 Å². The fraction of sp³-hybridized carbons (Fsp3) is 0.238. The zero-order valence-electron chi connectivity index (χ0n) is 16.4. The van der Waals surface area contributed by atoms with E-state index in [-0.39, 0.29) is 11.5 Å². The molecule has 1 aromatic carbocycles. The maximum Gasteiger partial charge on any atom is 0.269 e. The van der Waals surface area contributed by atoms with E-state index in [1.807, 2.05) is 18.2 Å². The number of carbonyl (C=O) groups excluding carboxylic acids is 1. The lowest BCUT2D eigenvalue weighted by Gasteiger charge is -2.32. The number of benzene rings is 1. The molecule has 0 unspecified atom stereocenters. The number of carbonyl (C=O) groups is 1. The monoisotopic (exact) mass is 434 g/mol. The smallest absolute Gasteiger partial charge is 0.269 e. The second kappa shape index (κ2) is 7.95. The van der Waals surface area contributed by atoms with Crippen molar-refractivity contribution in [3.63, 3.8) is 0 Å². The van der Waals surface area contributed by atoms with Crippen LogP contribution in [0.5, 0.6) is 0 Å². The van der Waals surface area contributed by atoms with Gasteiger partial charge in [-0.3, -0.25) is 19.9 Å². The number of ketones is 1. The van der Waals surface area contributed by atoms with Crippen molar-refractivity contribution in [1.29, 1.82) is 0 Å². The van der Waals surface area contributed by atoms with Crippen LogP contribution >= 0.6 is 11.8 Å². The molecule has 1 aliphatic carbocycles. The fourth-order valence-corrected chi connectivity index (χ4v) is 4.65. The number of nitro groups is 1. The van der Waals surface area contributed by atoms with E-state index in [1.54, 1.807) is 23.0 Å². The van der Waals surface area contributed by atoms with Gasteiger partial charge in [0.2, 0.25) is 11.1 Å². The molecular formula is C21H18N6O3S. The summed E-state index contributed by atoms with van der Waals surface area (Å²) in [4.78, 5) is 32.4. The molecular weight excluding hydrogens is 416 g/mol. The number of hydrogen-bond acceptors (Lipinski definition) is 8. The summed E-state index contributed by atoms with van der Waals surface area (Å²) in [6, 6.07) is 11.6. The van der Waals surface area contributed by atoms with Crippen LogP contribution in [-0.4, -0.2) is 30.5 Å². The number of hydrogen-bond donors (Lipinski definition) is 1. The van der Waals surface area contributed by atoms with Crippen LogP contribution in [0.3, 0.4) is 0 Å². The van der Waals surface area contributed by atoms with Crippen LogP contribution in [-0.2, 0) is 10.5 Å². The van der Waals surface area contributed by atoms with Gasteiger partial charge in [-0.2, -0.15) is 4.98 Å². The van der Waals surface area contributed by atoms with Gasteiger partial charge in [-0.1, -0.05) is 17.8 Å². The molecule has 0 saturated carbocycles. The summed E-state index contributed by atoms with van der Waals surface area (Å²) in [5.41, 5.74) is 3.22. The van der Waals surface area contributed by atoms with E-state index in [0.29, 0.717) is 28.9 Å². The molecule has 31 heavy (non-hydrogen) atoms. The minimum atomic E-state index is -0.462. The van der Waals surface area contributed by atoms with E-state index in [2.05, 4.69) is 20.4 Å². The zero-order valence-corrected chi connectivity index (χ0v) is 17.2. The second-order valence-corrected chi connectivity index (χ2v) is 8.26. The highest BCUT2D eigenvalue weighted by Crippen LogP contribution is 2.41. The van der Waals surface area contributed by atoms with Gasteiger partial charge in [0.15, 0.2) is 5.78 Å². The molecule has 5 rings (SSSR count). The van der Waals surface area contributed by atoms with Gasteiger partial charge in [-0.15, -0.1) is 5.10 Å². The van der Waals surface area contributed by atoms with Crippen LogP contribution in [0, 0.1) is 10.1 Å². The molecule has 1 atom stereocenters. The van der Waals surface area contributed by atoms with Crippen LogP contribution in [0.1, 0.15) is 36.6 Å². The van der Waals surface area contributed by atoms with Gasteiger partial charge in [0.05, 0.1) is 10.6 Å². The Labute approximate surface area is 181 Å². The number of Topliss-reactive ketones (excluding diaryl/α,β-unsaturated/α-hetero) is 1. The number of fused-ring (bicyclic) bond motifs is 1. The molecule has 1 aliphatic heterocycles. The van der Waals surface area contributed by atoms with Gasteiger partial charge in [0.1, 0.15) is 6.04 Å². The Balaban J connectivity index is 1.51. The minimum Gasteiger partial charge on any atom is -0.328 e. The average Bonchev–Trinajstić information content (AvgIpc) is 3.20. The van der Waals surface area contributed by atoms with Crippen LogP contribution in [0.2, 0.25) is 0 Å². The normalized spacial score (nSPS) is 17.7. The molecule has 10 heteroatoms. The summed E-state index contributed by atoms with van der Waals surface area (Å²) in [7, 11) is 0. The number of rotatable bonds is 5. The highest BCUT2D eigenvalue weighted by Gasteiger charge is 2.37. The summed E-state index contributed by atoms with van der Waals surface area (Å²) >= 11 is 1.47. The number of nitrogens with zero attached hydrogens (tertiary/aromatic N) is 5. The van der Waals surface area contributed by atoms with E-state index in [0.717, 1.165) is 29.8 Å². The second-order valence-electron chi connectivity index (χ2n) is 7.32. The highest BCUT2D eigenvalue weighted by atomic mass is 32.2. The lowest BCUT2D eigenvalue weighted by molar-refractivity contribution is -0.384. The van der Waals surface area contributed by atoms with Crippen molar-refractivity contribution >= 4 is 29.2 Å². The Hall–Kier alpha value is -3.53. The molecule has 3 heterocycles. The van der Waals surface area contributed by atoms with Crippen molar-refractivity contribution in [2.45, 2.75) is 36.2 Å². The Bertz CT molecular complexity index is 1190. The Kier molecular flexibility index (Phi) is 4.99. The summed E-state index contributed by atoms with van der Waals surface area (Å²) in [5, 5.41) is 19.6. The molecule has 2 aliphatic rings. The van der Waals surface area contributed by atoms with Crippen molar-refractivity contribution in [3.05, 3.63) is 81.3 Å². The number of nitrogens with one attached hydrogen (secondary N) is 1. The maximum atomic E-state index is 12.8. The largest absolute Gasteiger partial charge is 0.328 e. The van der Waals surface area contributed by atoms with Crippen molar-refractivity contribution < 1.29 is 9.72 Å². The fourth-order valence-electron chi connectivity index (χ4n) is 3.91. The molecule has 0 saturated heterocycles. The third-order valence-electron chi connectivity index (χ3n) is 5.34. The summed E-state index contributed by atoms with van der Waals surface area (Å²) in [6.45, 7) is 0. The summed E-state index contributed by atoms with van der Waals surface area (Å²) < 4.78 is 1.71. The van der Waals surface area contributed by atoms with Crippen LogP contribution in [0.4, 0.5) is 11.6 Å². The molecule has 0 amide bonds. The maximum absolute atomic E-state index is 12.8. The predicted molar refractivity (Wildman–Crippen MR) is 115 cm³/mol. The minimum absolute atomic E-state index is 0.00674. The predicted octanol–water partition coefficient (Wildman–Crippen LogP) is 3.90. The number of non-ortho nitro benzene ring substituents is 1. The topological polar surface area (TPSA) is 116 Å². The third-order valence-corrected chi connectivity index (χ3v) is 6.21. The van der Waals surface area contributed by atoms with E-state index in [9.17, 15) is 14.9 Å². The number of anilines is 1. The highest BCUT2D eigenvalue weighted by molar-refractivity contribution is 7.98. The number of aromatic nitrogens is 4. The lowest BCUT2D eigenvalue weighted by atomic mass is 9.85. The molecule has 0 bridgehead atoms. The van der Waals surface area contributed by atoms with Crippen molar-refractivity contribution in [2.24, 2.45) is 0 Å². The third kappa shape index (κ3) is 3.70. The average molecular weight is 434 g/mol. The van der Waals surface area contributed by atoms with E-state index in [4.69, 9.17) is 0 Å². The molecule has 3 aromatic rings. The first kappa shape index (κ1) is 19.4.